The molecule has 0 saturated carbocycles. The van der Waals surface area contributed by atoms with Crippen molar-refractivity contribution < 1.29 is 19.1 Å². The first-order valence-corrected chi connectivity index (χ1v) is 8.82. The van der Waals surface area contributed by atoms with Gasteiger partial charge in [-0.2, -0.15) is 0 Å². The first kappa shape index (κ1) is 19.4. The second-order valence-corrected chi connectivity index (χ2v) is 6.90. The Kier molecular flexibility index (Phi) is 6.93. The zero-order chi connectivity index (χ0) is 18.4. The molecule has 25 heavy (non-hydrogen) atoms. The molecule has 1 N–H and O–H groups in total. The van der Waals surface area contributed by atoms with E-state index < -0.39 is 5.97 Å². The maximum atomic E-state index is 13.9. The summed E-state index contributed by atoms with van der Waals surface area (Å²) in [4.78, 5) is 27.1. The van der Waals surface area contributed by atoms with Crippen molar-refractivity contribution in [2.24, 2.45) is 0 Å². The maximum Gasteiger partial charge on any atom is 0.317 e. The standard InChI is InChI=1S/C19H27FN2O3/c1-14(16-7-3-4-8-17(16)20)12-18(23)22-10-5-6-15(9-11-22)21(2)13-19(24)25/h3-4,7-8,14-15H,5-6,9-13H2,1-2H3,(H,24,25). The Morgan fingerprint density at radius 1 is 1.32 bits per heavy atom. The third-order valence-corrected chi connectivity index (χ3v) is 4.98. The number of carboxylic acids is 1. The molecule has 1 saturated heterocycles. The number of amides is 1. The minimum Gasteiger partial charge on any atom is -0.480 e. The minimum atomic E-state index is -0.835. The third kappa shape index (κ3) is 5.53. The fraction of sp³-hybridized carbons (Fsp3) is 0.579. The van der Waals surface area contributed by atoms with Crippen molar-refractivity contribution in [3.63, 3.8) is 0 Å². The Morgan fingerprint density at radius 3 is 2.72 bits per heavy atom. The third-order valence-electron chi connectivity index (χ3n) is 4.98. The van der Waals surface area contributed by atoms with Gasteiger partial charge in [-0.05, 0) is 43.9 Å². The Labute approximate surface area is 148 Å². The molecule has 0 bridgehead atoms. The molecule has 1 aromatic carbocycles. The van der Waals surface area contributed by atoms with Crippen LogP contribution in [0.3, 0.4) is 0 Å². The van der Waals surface area contributed by atoms with Gasteiger partial charge in [0.25, 0.3) is 0 Å². The zero-order valence-corrected chi connectivity index (χ0v) is 14.9. The molecule has 1 aromatic rings. The summed E-state index contributed by atoms with van der Waals surface area (Å²) in [7, 11) is 1.82. The molecule has 1 amide bonds. The molecular formula is C19H27FN2O3. The highest BCUT2D eigenvalue weighted by Crippen LogP contribution is 2.24. The number of benzene rings is 1. The van der Waals surface area contributed by atoms with Crippen LogP contribution in [0.15, 0.2) is 24.3 Å². The molecule has 2 rings (SSSR count). The quantitative estimate of drug-likeness (QED) is 0.857. The van der Waals surface area contributed by atoms with E-state index in [-0.39, 0.29) is 36.6 Å². The lowest BCUT2D eigenvalue weighted by Gasteiger charge is -2.26. The topological polar surface area (TPSA) is 60.9 Å². The SMILES string of the molecule is CC(CC(=O)N1CCCC(N(C)CC(=O)O)CC1)c1ccccc1F. The van der Waals surface area contributed by atoms with Crippen LogP contribution in [-0.2, 0) is 9.59 Å². The van der Waals surface area contributed by atoms with Crippen molar-refractivity contribution in [1.29, 1.82) is 0 Å². The number of hydrogen-bond donors (Lipinski definition) is 1. The number of nitrogens with zero attached hydrogens (tertiary/aromatic N) is 2. The molecule has 1 aliphatic rings. The van der Waals surface area contributed by atoms with Crippen LogP contribution in [0.2, 0.25) is 0 Å². The van der Waals surface area contributed by atoms with E-state index in [0.29, 0.717) is 18.7 Å². The van der Waals surface area contributed by atoms with Gasteiger partial charge in [-0.25, -0.2) is 4.39 Å². The molecule has 2 atom stereocenters. The van der Waals surface area contributed by atoms with Crippen molar-refractivity contribution in [2.45, 2.75) is 44.6 Å². The monoisotopic (exact) mass is 350 g/mol. The highest BCUT2D eigenvalue weighted by molar-refractivity contribution is 5.77. The summed E-state index contributed by atoms with van der Waals surface area (Å²) in [6, 6.07) is 6.76. The van der Waals surface area contributed by atoms with Crippen LogP contribution in [0.1, 0.15) is 44.1 Å². The molecule has 0 spiro atoms. The van der Waals surface area contributed by atoms with Gasteiger partial charge in [-0.1, -0.05) is 25.1 Å². The molecule has 1 fully saturated rings. The van der Waals surface area contributed by atoms with Crippen LogP contribution in [0.4, 0.5) is 4.39 Å². The van der Waals surface area contributed by atoms with Gasteiger partial charge in [-0.3, -0.25) is 14.5 Å². The molecule has 6 heteroatoms. The van der Waals surface area contributed by atoms with Crippen LogP contribution in [0.5, 0.6) is 0 Å². The average Bonchev–Trinajstić information content (AvgIpc) is 2.80. The molecular weight excluding hydrogens is 323 g/mol. The Bertz CT molecular complexity index is 608. The molecule has 0 aliphatic carbocycles. The lowest BCUT2D eigenvalue weighted by molar-refractivity contribution is -0.138. The van der Waals surface area contributed by atoms with Crippen LogP contribution < -0.4 is 0 Å². The number of hydrogen-bond acceptors (Lipinski definition) is 3. The number of carbonyl (C=O) groups excluding carboxylic acids is 1. The van der Waals surface area contributed by atoms with Crippen molar-refractivity contribution >= 4 is 11.9 Å². The number of halogens is 1. The van der Waals surface area contributed by atoms with Crippen molar-refractivity contribution in [1.82, 2.24) is 9.80 Å². The van der Waals surface area contributed by atoms with Gasteiger partial charge in [0.15, 0.2) is 0 Å². The zero-order valence-electron chi connectivity index (χ0n) is 14.9. The summed E-state index contributed by atoms with van der Waals surface area (Å²) in [6.07, 6.45) is 2.80. The summed E-state index contributed by atoms with van der Waals surface area (Å²) in [6.45, 7) is 3.19. The second-order valence-electron chi connectivity index (χ2n) is 6.90. The van der Waals surface area contributed by atoms with E-state index in [1.54, 1.807) is 18.2 Å². The number of likely N-dealkylation sites (N-methyl/N-ethyl adjacent to an activating group) is 1. The number of likely N-dealkylation sites (tertiary alicyclic amines) is 1. The van der Waals surface area contributed by atoms with E-state index in [4.69, 9.17) is 5.11 Å². The van der Waals surface area contributed by atoms with E-state index >= 15 is 0 Å². The minimum absolute atomic E-state index is 0.0168. The predicted molar refractivity (Wildman–Crippen MR) is 93.9 cm³/mol. The van der Waals surface area contributed by atoms with E-state index in [1.165, 1.54) is 6.07 Å². The van der Waals surface area contributed by atoms with Gasteiger partial charge in [-0.15, -0.1) is 0 Å². The Morgan fingerprint density at radius 2 is 2.04 bits per heavy atom. The van der Waals surface area contributed by atoms with Crippen LogP contribution in [0.25, 0.3) is 0 Å². The van der Waals surface area contributed by atoms with E-state index in [2.05, 4.69) is 0 Å². The molecule has 2 unspecified atom stereocenters. The number of carboxylic acid groups (broad SMARTS) is 1. The fourth-order valence-corrected chi connectivity index (χ4v) is 3.49. The van der Waals surface area contributed by atoms with Crippen LogP contribution in [0, 0.1) is 5.82 Å². The smallest absolute Gasteiger partial charge is 0.317 e. The maximum absolute atomic E-state index is 13.9. The molecule has 5 nitrogen and oxygen atoms in total. The Balaban J connectivity index is 1.90. The number of carbonyl (C=O) groups is 2. The predicted octanol–water partition coefficient (Wildman–Crippen LogP) is 2.72. The molecule has 138 valence electrons. The summed E-state index contributed by atoms with van der Waals surface area (Å²) in [5.41, 5.74) is 0.574. The molecule has 0 radical (unpaired) electrons. The highest BCUT2D eigenvalue weighted by Gasteiger charge is 2.25. The van der Waals surface area contributed by atoms with Crippen LogP contribution in [-0.4, -0.2) is 59.5 Å². The van der Waals surface area contributed by atoms with E-state index in [9.17, 15) is 14.0 Å². The van der Waals surface area contributed by atoms with Crippen molar-refractivity contribution in [2.75, 3.05) is 26.7 Å². The van der Waals surface area contributed by atoms with Gasteiger partial charge in [0, 0.05) is 25.6 Å². The summed E-state index contributed by atoms with van der Waals surface area (Å²) >= 11 is 0. The normalized spacial score (nSPS) is 19.5. The van der Waals surface area contributed by atoms with Crippen LogP contribution >= 0.6 is 0 Å². The van der Waals surface area contributed by atoms with Gasteiger partial charge >= 0.3 is 5.97 Å². The van der Waals surface area contributed by atoms with E-state index in [0.717, 1.165) is 19.3 Å². The summed E-state index contributed by atoms with van der Waals surface area (Å²) < 4.78 is 13.9. The molecule has 0 aromatic heterocycles. The number of rotatable bonds is 6. The fourth-order valence-electron chi connectivity index (χ4n) is 3.49. The summed E-state index contributed by atoms with van der Waals surface area (Å²) in [5, 5.41) is 8.92. The molecule has 1 aliphatic heterocycles. The second kappa shape index (κ2) is 8.94. The molecule has 1 heterocycles. The first-order valence-electron chi connectivity index (χ1n) is 8.82. The lowest BCUT2D eigenvalue weighted by Crippen LogP contribution is -2.37. The highest BCUT2D eigenvalue weighted by atomic mass is 19.1. The Hall–Kier alpha value is -1.95. The average molecular weight is 350 g/mol. The summed E-state index contributed by atoms with van der Waals surface area (Å²) in [5.74, 6) is -1.23. The van der Waals surface area contributed by atoms with E-state index in [1.807, 2.05) is 23.8 Å². The van der Waals surface area contributed by atoms with Gasteiger partial charge in [0.1, 0.15) is 5.82 Å². The van der Waals surface area contributed by atoms with Crippen molar-refractivity contribution in [3.05, 3.63) is 35.6 Å². The van der Waals surface area contributed by atoms with Crippen molar-refractivity contribution in [3.8, 4) is 0 Å². The van der Waals surface area contributed by atoms with Gasteiger partial charge < -0.3 is 10.0 Å². The van der Waals surface area contributed by atoms with Gasteiger partial charge in [0.05, 0.1) is 6.54 Å². The largest absolute Gasteiger partial charge is 0.480 e. The lowest BCUT2D eigenvalue weighted by atomic mass is 9.96. The van der Waals surface area contributed by atoms with Gasteiger partial charge in [0.2, 0.25) is 5.91 Å². The number of aliphatic carboxylic acids is 1. The first-order chi connectivity index (χ1) is 11.9.